The van der Waals surface area contributed by atoms with Gasteiger partial charge in [0.05, 0.1) is 11.8 Å². The van der Waals surface area contributed by atoms with Crippen molar-refractivity contribution in [1.29, 1.82) is 0 Å². The molecule has 2 amide bonds. The molecule has 1 saturated heterocycles. The van der Waals surface area contributed by atoms with Gasteiger partial charge >= 0.3 is 6.03 Å². The van der Waals surface area contributed by atoms with E-state index in [9.17, 15) is 13.2 Å². The molecule has 2 atom stereocenters. The number of carbonyl (C=O) groups is 1. The minimum atomic E-state index is -3.02. The molecule has 0 aromatic heterocycles. The van der Waals surface area contributed by atoms with E-state index in [-0.39, 0.29) is 23.7 Å². The van der Waals surface area contributed by atoms with Crippen LogP contribution in [0.5, 0.6) is 5.75 Å². The van der Waals surface area contributed by atoms with Crippen molar-refractivity contribution in [2.45, 2.75) is 39.7 Å². The normalized spacial score (nSPS) is 19.1. The molecule has 1 fully saturated rings. The summed E-state index contributed by atoms with van der Waals surface area (Å²) in [4.78, 5) is 14.2. The number of ether oxygens (including phenoxy) is 1. The summed E-state index contributed by atoms with van der Waals surface area (Å²) in [5.41, 5.74) is 2.14. The van der Waals surface area contributed by atoms with Crippen molar-refractivity contribution in [2.24, 2.45) is 5.92 Å². The van der Waals surface area contributed by atoms with Crippen LogP contribution in [0.15, 0.2) is 18.2 Å². The van der Waals surface area contributed by atoms with Crippen LogP contribution in [0.4, 0.5) is 4.79 Å². The van der Waals surface area contributed by atoms with Gasteiger partial charge in [0.15, 0.2) is 0 Å². The van der Waals surface area contributed by atoms with Gasteiger partial charge in [0, 0.05) is 19.3 Å². The highest BCUT2D eigenvalue weighted by Gasteiger charge is 2.26. The summed E-state index contributed by atoms with van der Waals surface area (Å²) in [6.07, 6.45) is 2.93. The number of piperidine rings is 1. The number of hydrogen-bond donors (Lipinski definition) is 1. The number of hydrogen-bond acceptors (Lipinski definition) is 4. The van der Waals surface area contributed by atoms with Crippen molar-refractivity contribution < 1.29 is 17.9 Å². The van der Waals surface area contributed by atoms with E-state index in [0.29, 0.717) is 19.7 Å². The Labute approximate surface area is 156 Å². The molecule has 146 valence electrons. The van der Waals surface area contributed by atoms with Gasteiger partial charge in [-0.3, -0.25) is 0 Å². The lowest BCUT2D eigenvalue weighted by molar-refractivity contribution is 0.162. The quantitative estimate of drug-likeness (QED) is 0.820. The maximum atomic E-state index is 12.5. The number of rotatable bonds is 6. The van der Waals surface area contributed by atoms with Gasteiger partial charge in [-0.05, 0) is 50.7 Å². The van der Waals surface area contributed by atoms with E-state index in [2.05, 4.69) is 5.32 Å². The molecule has 1 aromatic carbocycles. The van der Waals surface area contributed by atoms with Crippen LogP contribution < -0.4 is 10.1 Å². The molecule has 0 aliphatic carbocycles. The molecule has 2 rings (SSSR count). The van der Waals surface area contributed by atoms with Crippen molar-refractivity contribution >= 4 is 15.9 Å². The monoisotopic (exact) mass is 382 g/mol. The van der Waals surface area contributed by atoms with Crippen LogP contribution in [0, 0.1) is 19.8 Å². The highest BCUT2D eigenvalue weighted by atomic mass is 32.2. The van der Waals surface area contributed by atoms with Crippen molar-refractivity contribution in [2.75, 3.05) is 31.7 Å². The number of aryl methyl sites for hydroxylation is 2. The Morgan fingerprint density at radius 1 is 1.35 bits per heavy atom. The molecule has 6 nitrogen and oxygen atoms in total. The Kier molecular flexibility index (Phi) is 6.92. The third kappa shape index (κ3) is 6.20. The number of urea groups is 1. The number of nitrogens with one attached hydrogen (secondary N) is 1. The fraction of sp³-hybridized carbons (Fsp3) is 0.632. The van der Waals surface area contributed by atoms with Gasteiger partial charge < -0.3 is 15.0 Å². The van der Waals surface area contributed by atoms with E-state index < -0.39 is 9.84 Å². The number of carbonyl (C=O) groups excluding carboxylic acids is 1. The Hall–Kier alpha value is -1.76. The predicted molar refractivity (Wildman–Crippen MR) is 103 cm³/mol. The lowest BCUT2D eigenvalue weighted by Gasteiger charge is -2.33. The van der Waals surface area contributed by atoms with E-state index >= 15 is 0 Å². The molecular formula is C19H30N2O4S. The topological polar surface area (TPSA) is 75.7 Å². The van der Waals surface area contributed by atoms with Gasteiger partial charge in [0.25, 0.3) is 0 Å². The van der Waals surface area contributed by atoms with E-state index in [4.69, 9.17) is 4.74 Å². The first-order valence-electron chi connectivity index (χ1n) is 9.08. The van der Waals surface area contributed by atoms with Crippen LogP contribution >= 0.6 is 0 Å². The largest absolute Gasteiger partial charge is 0.491 e. The van der Waals surface area contributed by atoms with E-state index in [1.165, 1.54) is 6.26 Å². The van der Waals surface area contributed by atoms with Crippen LogP contribution in [0.2, 0.25) is 0 Å². The molecule has 0 radical (unpaired) electrons. The van der Waals surface area contributed by atoms with Crippen LogP contribution in [-0.4, -0.2) is 57.1 Å². The van der Waals surface area contributed by atoms with Crippen LogP contribution in [0.25, 0.3) is 0 Å². The second-order valence-electron chi connectivity index (χ2n) is 7.43. The second kappa shape index (κ2) is 8.75. The van der Waals surface area contributed by atoms with Gasteiger partial charge in [-0.1, -0.05) is 18.2 Å². The summed E-state index contributed by atoms with van der Waals surface area (Å²) in [5.74, 6) is 1.02. The molecule has 0 spiro atoms. The third-order valence-corrected chi connectivity index (χ3v) is 5.68. The highest BCUT2D eigenvalue weighted by Crippen LogP contribution is 2.22. The molecular weight excluding hydrogens is 352 g/mol. The van der Waals surface area contributed by atoms with Crippen molar-refractivity contribution in [3.8, 4) is 5.75 Å². The van der Waals surface area contributed by atoms with Gasteiger partial charge in [-0.2, -0.15) is 0 Å². The standard InChI is InChI=1S/C19H30N2O4S/c1-14-7-5-8-15(2)18(14)25-12-16(3)20-19(22)21-10-6-9-17(11-21)13-26(4,23)24/h5,7-8,16-17H,6,9-13H2,1-4H3,(H,20,22)/t16-,17+/m0/s1. The Morgan fingerprint density at radius 3 is 2.62 bits per heavy atom. The first kappa shape index (κ1) is 20.6. The molecule has 0 saturated carbocycles. The maximum Gasteiger partial charge on any atom is 0.317 e. The van der Waals surface area contributed by atoms with Gasteiger partial charge in [-0.15, -0.1) is 0 Å². The fourth-order valence-electron chi connectivity index (χ4n) is 3.39. The van der Waals surface area contributed by atoms with Gasteiger partial charge in [0.1, 0.15) is 22.2 Å². The summed E-state index contributed by atoms with van der Waals surface area (Å²) in [6, 6.07) is 5.70. The summed E-state index contributed by atoms with van der Waals surface area (Å²) < 4.78 is 28.9. The molecule has 1 N–H and O–H groups in total. The average Bonchev–Trinajstić information content (AvgIpc) is 2.53. The smallest absolute Gasteiger partial charge is 0.317 e. The van der Waals surface area contributed by atoms with Crippen LogP contribution in [0.3, 0.4) is 0 Å². The van der Waals surface area contributed by atoms with E-state index in [0.717, 1.165) is 29.7 Å². The molecule has 7 heteroatoms. The van der Waals surface area contributed by atoms with Crippen molar-refractivity contribution in [1.82, 2.24) is 10.2 Å². The zero-order valence-corrected chi connectivity index (χ0v) is 16.9. The minimum absolute atomic E-state index is 0.0191. The number of likely N-dealkylation sites (tertiary alicyclic amines) is 1. The zero-order chi connectivity index (χ0) is 19.3. The van der Waals surface area contributed by atoms with E-state index in [1.54, 1.807) is 4.90 Å². The predicted octanol–water partition coefficient (Wildman–Crippen LogP) is 2.54. The number of amides is 2. The Bertz CT molecular complexity index is 713. The number of benzene rings is 1. The van der Waals surface area contributed by atoms with Crippen LogP contribution in [-0.2, 0) is 9.84 Å². The molecule has 0 bridgehead atoms. The molecule has 1 aliphatic rings. The van der Waals surface area contributed by atoms with Crippen molar-refractivity contribution in [3.05, 3.63) is 29.3 Å². The highest BCUT2D eigenvalue weighted by molar-refractivity contribution is 7.90. The van der Waals surface area contributed by atoms with Crippen molar-refractivity contribution in [3.63, 3.8) is 0 Å². The summed E-state index contributed by atoms with van der Waals surface area (Å²) in [5, 5.41) is 2.95. The molecule has 26 heavy (non-hydrogen) atoms. The fourth-order valence-corrected chi connectivity index (χ4v) is 4.52. The summed E-state index contributed by atoms with van der Waals surface area (Å²) in [7, 11) is -3.02. The molecule has 1 aromatic rings. The molecule has 1 aliphatic heterocycles. The molecule has 0 unspecified atom stereocenters. The van der Waals surface area contributed by atoms with E-state index in [1.807, 2.05) is 39.0 Å². The Balaban J connectivity index is 1.84. The Morgan fingerprint density at radius 2 is 2.00 bits per heavy atom. The first-order chi connectivity index (χ1) is 12.2. The first-order valence-corrected chi connectivity index (χ1v) is 11.1. The zero-order valence-electron chi connectivity index (χ0n) is 16.1. The third-order valence-electron chi connectivity index (χ3n) is 4.60. The van der Waals surface area contributed by atoms with Crippen LogP contribution in [0.1, 0.15) is 30.9 Å². The maximum absolute atomic E-state index is 12.5. The summed E-state index contributed by atoms with van der Waals surface area (Å²) in [6.45, 7) is 7.45. The molecule has 1 heterocycles. The minimum Gasteiger partial charge on any atom is -0.491 e. The lowest BCUT2D eigenvalue weighted by Crippen LogP contribution is -2.50. The number of nitrogens with zero attached hydrogens (tertiary/aromatic N) is 1. The second-order valence-corrected chi connectivity index (χ2v) is 9.61. The number of para-hydroxylation sites is 1. The van der Waals surface area contributed by atoms with Gasteiger partial charge in [-0.25, -0.2) is 13.2 Å². The average molecular weight is 383 g/mol. The lowest BCUT2D eigenvalue weighted by atomic mass is 10.0. The summed E-state index contributed by atoms with van der Waals surface area (Å²) >= 11 is 0. The van der Waals surface area contributed by atoms with Gasteiger partial charge in [0.2, 0.25) is 0 Å². The SMILES string of the molecule is Cc1cccc(C)c1OC[C@H](C)NC(=O)N1CCC[C@@H](CS(C)(=O)=O)C1. The number of sulfone groups is 1.